The van der Waals surface area contributed by atoms with Gasteiger partial charge >= 0.3 is 0 Å². The second kappa shape index (κ2) is 6.64. The fourth-order valence-electron chi connectivity index (χ4n) is 2.01. The van der Waals surface area contributed by atoms with Gasteiger partial charge in [-0.25, -0.2) is 0 Å². The molecular formula is C16H17ClO3. The van der Waals surface area contributed by atoms with E-state index in [9.17, 15) is 5.11 Å². The maximum Gasteiger partial charge on any atom is 0.143 e. The molecule has 0 atom stereocenters. The van der Waals surface area contributed by atoms with E-state index in [-0.39, 0.29) is 6.61 Å². The largest absolute Gasteiger partial charge is 0.496 e. The number of benzene rings is 2. The molecule has 2 rings (SSSR count). The zero-order chi connectivity index (χ0) is 14.5. The minimum absolute atomic E-state index is 0.110. The summed E-state index contributed by atoms with van der Waals surface area (Å²) in [4.78, 5) is 0. The van der Waals surface area contributed by atoms with Crippen LogP contribution in [-0.4, -0.2) is 12.2 Å². The second-order valence-corrected chi connectivity index (χ2v) is 4.90. The number of ether oxygens (including phenoxy) is 2. The SMILES string of the molecule is COc1ccc(C)cc1COc1c(Cl)cccc1CO. The molecule has 2 aromatic carbocycles. The van der Waals surface area contributed by atoms with Crippen molar-refractivity contribution in [3.05, 3.63) is 58.1 Å². The molecule has 20 heavy (non-hydrogen) atoms. The highest BCUT2D eigenvalue weighted by atomic mass is 35.5. The minimum Gasteiger partial charge on any atom is -0.496 e. The number of halogens is 1. The number of hydrogen-bond donors (Lipinski definition) is 1. The third-order valence-electron chi connectivity index (χ3n) is 3.03. The van der Waals surface area contributed by atoms with Crippen LogP contribution >= 0.6 is 11.6 Å². The molecule has 0 saturated carbocycles. The smallest absolute Gasteiger partial charge is 0.143 e. The van der Waals surface area contributed by atoms with Crippen molar-refractivity contribution in [2.45, 2.75) is 20.1 Å². The molecule has 0 radical (unpaired) electrons. The number of para-hydroxylation sites is 1. The first kappa shape index (κ1) is 14.7. The lowest BCUT2D eigenvalue weighted by molar-refractivity contribution is 0.257. The average Bonchev–Trinajstić information content (AvgIpc) is 2.46. The summed E-state index contributed by atoms with van der Waals surface area (Å²) in [5, 5.41) is 9.81. The molecule has 106 valence electrons. The number of hydrogen-bond acceptors (Lipinski definition) is 3. The molecule has 0 aliphatic heterocycles. The van der Waals surface area contributed by atoms with Gasteiger partial charge in [0.2, 0.25) is 0 Å². The first-order valence-corrected chi connectivity index (χ1v) is 6.68. The Balaban J connectivity index is 2.23. The Morgan fingerprint density at radius 2 is 1.95 bits per heavy atom. The maximum absolute atomic E-state index is 9.32. The van der Waals surface area contributed by atoms with Crippen molar-refractivity contribution in [1.82, 2.24) is 0 Å². The summed E-state index contributed by atoms with van der Waals surface area (Å²) in [6.45, 7) is 2.24. The summed E-state index contributed by atoms with van der Waals surface area (Å²) >= 11 is 6.11. The van der Waals surface area contributed by atoms with Crippen LogP contribution in [0.5, 0.6) is 11.5 Å². The third kappa shape index (κ3) is 3.24. The van der Waals surface area contributed by atoms with E-state index in [1.165, 1.54) is 0 Å². The predicted molar refractivity (Wildman–Crippen MR) is 79.4 cm³/mol. The van der Waals surface area contributed by atoms with E-state index in [1.807, 2.05) is 25.1 Å². The monoisotopic (exact) mass is 292 g/mol. The van der Waals surface area contributed by atoms with Crippen molar-refractivity contribution < 1.29 is 14.6 Å². The molecule has 0 amide bonds. The lowest BCUT2D eigenvalue weighted by atomic mass is 10.1. The van der Waals surface area contributed by atoms with Crippen LogP contribution in [0.25, 0.3) is 0 Å². The summed E-state index contributed by atoms with van der Waals surface area (Å²) in [6, 6.07) is 11.2. The van der Waals surface area contributed by atoms with Crippen molar-refractivity contribution in [1.29, 1.82) is 0 Å². The molecule has 0 fully saturated rings. The van der Waals surface area contributed by atoms with Crippen LogP contribution in [0, 0.1) is 6.92 Å². The summed E-state index contributed by atoms with van der Waals surface area (Å²) < 4.78 is 11.1. The van der Waals surface area contributed by atoms with Crippen LogP contribution in [0.3, 0.4) is 0 Å². The highest BCUT2D eigenvalue weighted by molar-refractivity contribution is 6.32. The van der Waals surface area contributed by atoms with Crippen molar-refractivity contribution in [2.24, 2.45) is 0 Å². The normalized spacial score (nSPS) is 10.4. The van der Waals surface area contributed by atoms with Gasteiger partial charge in [0.25, 0.3) is 0 Å². The first-order chi connectivity index (χ1) is 9.65. The lowest BCUT2D eigenvalue weighted by Gasteiger charge is -2.14. The summed E-state index contributed by atoms with van der Waals surface area (Å²) in [5.74, 6) is 1.29. The van der Waals surface area contributed by atoms with Crippen LogP contribution in [0.4, 0.5) is 0 Å². The number of methoxy groups -OCH3 is 1. The molecule has 0 spiro atoms. The molecule has 1 N–H and O–H groups in total. The highest BCUT2D eigenvalue weighted by Gasteiger charge is 2.10. The van der Waals surface area contributed by atoms with E-state index in [2.05, 4.69) is 0 Å². The molecule has 3 nitrogen and oxygen atoms in total. The van der Waals surface area contributed by atoms with Crippen LogP contribution in [0.2, 0.25) is 5.02 Å². The van der Waals surface area contributed by atoms with Gasteiger partial charge in [0.05, 0.1) is 18.7 Å². The molecule has 2 aromatic rings. The zero-order valence-corrected chi connectivity index (χ0v) is 12.3. The Morgan fingerprint density at radius 3 is 2.65 bits per heavy atom. The Hall–Kier alpha value is -1.71. The van der Waals surface area contributed by atoms with E-state index in [0.717, 1.165) is 16.9 Å². The number of aliphatic hydroxyl groups excluding tert-OH is 1. The van der Waals surface area contributed by atoms with Crippen molar-refractivity contribution in [2.75, 3.05) is 7.11 Å². The molecule has 0 aliphatic carbocycles. The van der Waals surface area contributed by atoms with E-state index in [0.29, 0.717) is 22.9 Å². The Kier molecular flexibility index (Phi) is 4.88. The van der Waals surface area contributed by atoms with Crippen LogP contribution in [0.15, 0.2) is 36.4 Å². The van der Waals surface area contributed by atoms with Gasteiger partial charge in [-0.1, -0.05) is 35.4 Å². The number of aliphatic hydroxyl groups is 1. The highest BCUT2D eigenvalue weighted by Crippen LogP contribution is 2.30. The van der Waals surface area contributed by atoms with Gasteiger partial charge in [-0.2, -0.15) is 0 Å². The molecular weight excluding hydrogens is 276 g/mol. The molecule has 0 aliphatic rings. The Bertz CT molecular complexity index is 596. The molecule has 0 bridgehead atoms. The zero-order valence-electron chi connectivity index (χ0n) is 11.5. The number of aryl methyl sites for hydroxylation is 1. The molecule has 4 heteroatoms. The topological polar surface area (TPSA) is 38.7 Å². The van der Waals surface area contributed by atoms with Gasteiger partial charge in [0, 0.05) is 11.1 Å². The van der Waals surface area contributed by atoms with Crippen molar-refractivity contribution >= 4 is 11.6 Å². The summed E-state index contributed by atoms with van der Waals surface area (Å²) in [7, 11) is 1.63. The van der Waals surface area contributed by atoms with Crippen molar-refractivity contribution in [3.63, 3.8) is 0 Å². The fourth-order valence-corrected chi connectivity index (χ4v) is 2.26. The first-order valence-electron chi connectivity index (χ1n) is 6.30. The van der Waals surface area contributed by atoms with Crippen LogP contribution < -0.4 is 9.47 Å². The molecule has 0 heterocycles. The van der Waals surface area contributed by atoms with E-state index in [4.69, 9.17) is 21.1 Å². The van der Waals surface area contributed by atoms with Gasteiger partial charge in [-0.15, -0.1) is 0 Å². The third-order valence-corrected chi connectivity index (χ3v) is 3.32. The fraction of sp³-hybridized carbons (Fsp3) is 0.250. The lowest BCUT2D eigenvalue weighted by Crippen LogP contribution is -2.02. The quantitative estimate of drug-likeness (QED) is 0.912. The van der Waals surface area contributed by atoms with Gasteiger partial charge in [0.15, 0.2) is 0 Å². The van der Waals surface area contributed by atoms with Gasteiger partial charge in [-0.05, 0) is 25.1 Å². The summed E-state index contributed by atoms with van der Waals surface area (Å²) in [6.07, 6.45) is 0. The Labute approximate surface area is 123 Å². The van der Waals surface area contributed by atoms with E-state index >= 15 is 0 Å². The van der Waals surface area contributed by atoms with Gasteiger partial charge in [-0.3, -0.25) is 0 Å². The Morgan fingerprint density at radius 1 is 1.15 bits per heavy atom. The average molecular weight is 293 g/mol. The molecule has 0 aromatic heterocycles. The maximum atomic E-state index is 9.32. The van der Waals surface area contributed by atoms with Gasteiger partial charge in [0.1, 0.15) is 18.1 Å². The minimum atomic E-state index is -0.110. The van der Waals surface area contributed by atoms with Crippen molar-refractivity contribution in [3.8, 4) is 11.5 Å². The van der Waals surface area contributed by atoms with Crippen LogP contribution in [0.1, 0.15) is 16.7 Å². The van der Waals surface area contributed by atoms with Gasteiger partial charge < -0.3 is 14.6 Å². The standard InChI is InChI=1S/C16H17ClO3/c1-11-6-7-15(19-2)13(8-11)10-20-16-12(9-18)4-3-5-14(16)17/h3-8,18H,9-10H2,1-2H3. The van der Waals surface area contributed by atoms with E-state index in [1.54, 1.807) is 25.3 Å². The number of rotatable bonds is 5. The molecule has 0 unspecified atom stereocenters. The van der Waals surface area contributed by atoms with Crippen LogP contribution in [-0.2, 0) is 13.2 Å². The predicted octanol–water partition coefficient (Wildman–Crippen LogP) is 3.73. The second-order valence-electron chi connectivity index (χ2n) is 4.49. The van der Waals surface area contributed by atoms with E-state index < -0.39 is 0 Å². The summed E-state index contributed by atoms with van der Waals surface area (Å²) in [5.41, 5.74) is 2.74. The molecule has 0 saturated heterocycles.